The largest absolute Gasteiger partial charge is 0.359 e. The maximum atomic E-state index is 12.4. The predicted octanol–water partition coefficient (Wildman–Crippen LogP) is 2.46. The predicted molar refractivity (Wildman–Crippen MR) is 79.1 cm³/mol. The second-order valence-electron chi connectivity index (χ2n) is 5.15. The zero-order valence-corrected chi connectivity index (χ0v) is 11.4. The van der Waals surface area contributed by atoms with Crippen molar-refractivity contribution < 1.29 is 4.79 Å². The molecule has 5 heteroatoms. The lowest BCUT2D eigenvalue weighted by Gasteiger charge is -2.16. The van der Waals surface area contributed by atoms with E-state index in [9.17, 15) is 9.59 Å². The van der Waals surface area contributed by atoms with Crippen molar-refractivity contribution in [2.75, 3.05) is 18.4 Å². The first-order valence-corrected chi connectivity index (χ1v) is 6.84. The molecular weight excluding hydrogens is 254 g/mol. The first-order chi connectivity index (χ1) is 9.66. The van der Waals surface area contributed by atoms with Gasteiger partial charge in [0.25, 0.3) is 0 Å². The zero-order valence-electron chi connectivity index (χ0n) is 11.4. The summed E-state index contributed by atoms with van der Waals surface area (Å²) in [5, 5.41) is 3.31. The van der Waals surface area contributed by atoms with Crippen molar-refractivity contribution in [3.8, 4) is 0 Å². The van der Waals surface area contributed by atoms with Gasteiger partial charge in [-0.2, -0.15) is 0 Å². The zero-order chi connectivity index (χ0) is 14.1. The van der Waals surface area contributed by atoms with E-state index in [0.717, 1.165) is 37.0 Å². The molecule has 0 spiro atoms. The minimum atomic E-state index is -0.194. The maximum absolute atomic E-state index is 12.4. The number of rotatable bonds is 1. The van der Waals surface area contributed by atoms with Crippen LogP contribution in [0.1, 0.15) is 18.4 Å². The van der Waals surface area contributed by atoms with E-state index in [2.05, 4.69) is 10.3 Å². The molecule has 0 bridgehead atoms. The lowest BCUT2D eigenvalue weighted by molar-refractivity contribution is 0.222. The van der Waals surface area contributed by atoms with Gasteiger partial charge in [0, 0.05) is 24.7 Å². The number of benzene rings is 1. The average Bonchev–Trinajstić information content (AvgIpc) is 2.97. The lowest BCUT2D eigenvalue weighted by Crippen LogP contribution is -2.33. The summed E-state index contributed by atoms with van der Waals surface area (Å²) in [4.78, 5) is 29.2. The highest BCUT2D eigenvalue weighted by Crippen LogP contribution is 2.15. The smallest absolute Gasteiger partial charge is 0.321 e. The fraction of sp³-hybridized carbons (Fsp3) is 0.333. The third-order valence-corrected chi connectivity index (χ3v) is 3.76. The Morgan fingerprint density at radius 1 is 1.30 bits per heavy atom. The van der Waals surface area contributed by atoms with Gasteiger partial charge in [0.05, 0.1) is 5.52 Å². The Hall–Kier alpha value is -2.30. The van der Waals surface area contributed by atoms with Gasteiger partial charge in [0.1, 0.15) is 5.69 Å². The number of aromatic amines is 1. The molecule has 1 aromatic carbocycles. The number of carbonyl (C=O) groups excluding carboxylic acids is 1. The standard InChI is InChI=1S/C15H17N3O2/c1-10-5-4-6-11-13(10)16-9-12(14(11)19)17-15(20)18-7-2-3-8-18/h4-6,9H,2-3,7-8H2,1H3,(H,16,19)(H,17,20). The van der Waals surface area contributed by atoms with Crippen molar-refractivity contribution in [2.45, 2.75) is 19.8 Å². The molecular formula is C15H17N3O2. The molecule has 20 heavy (non-hydrogen) atoms. The summed E-state index contributed by atoms with van der Waals surface area (Å²) in [5.74, 6) is 0. The third kappa shape index (κ3) is 2.15. The molecule has 3 rings (SSSR count). The SMILES string of the molecule is Cc1cccc2c(=O)c(NC(=O)N3CCCC3)c[nH]c12. The minimum Gasteiger partial charge on any atom is -0.359 e. The summed E-state index contributed by atoms with van der Waals surface area (Å²) >= 11 is 0. The van der Waals surface area contributed by atoms with E-state index in [-0.39, 0.29) is 11.5 Å². The summed E-state index contributed by atoms with van der Waals surface area (Å²) in [7, 11) is 0. The van der Waals surface area contributed by atoms with E-state index in [4.69, 9.17) is 0 Å². The second kappa shape index (κ2) is 5.00. The Balaban J connectivity index is 1.94. The lowest BCUT2D eigenvalue weighted by atomic mass is 10.1. The monoisotopic (exact) mass is 271 g/mol. The van der Waals surface area contributed by atoms with Crippen molar-refractivity contribution in [3.63, 3.8) is 0 Å². The number of anilines is 1. The number of pyridine rings is 1. The molecule has 2 N–H and O–H groups in total. The molecule has 2 aromatic rings. The number of amides is 2. The van der Waals surface area contributed by atoms with Crippen LogP contribution in [-0.4, -0.2) is 29.0 Å². The molecule has 0 unspecified atom stereocenters. The number of aromatic nitrogens is 1. The third-order valence-electron chi connectivity index (χ3n) is 3.76. The van der Waals surface area contributed by atoms with Crippen molar-refractivity contribution >= 4 is 22.6 Å². The van der Waals surface area contributed by atoms with Gasteiger partial charge in [-0.15, -0.1) is 0 Å². The molecule has 5 nitrogen and oxygen atoms in total. The average molecular weight is 271 g/mol. The number of para-hydroxylation sites is 1. The van der Waals surface area contributed by atoms with Crippen LogP contribution in [0.15, 0.2) is 29.2 Å². The molecule has 2 heterocycles. The Bertz CT molecular complexity index is 715. The van der Waals surface area contributed by atoms with Crippen LogP contribution in [-0.2, 0) is 0 Å². The number of aryl methyl sites for hydroxylation is 1. The first kappa shape index (κ1) is 12.7. The van der Waals surface area contributed by atoms with Crippen LogP contribution in [0, 0.1) is 6.92 Å². The molecule has 0 saturated carbocycles. The summed E-state index contributed by atoms with van der Waals surface area (Å²) in [6, 6.07) is 5.37. The van der Waals surface area contributed by atoms with Gasteiger partial charge in [0.2, 0.25) is 5.43 Å². The van der Waals surface area contributed by atoms with E-state index in [1.54, 1.807) is 17.2 Å². The highest BCUT2D eigenvalue weighted by molar-refractivity contribution is 5.92. The molecule has 0 radical (unpaired) electrons. The number of carbonyl (C=O) groups is 1. The van der Waals surface area contributed by atoms with E-state index in [1.807, 2.05) is 19.1 Å². The maximum Gasteiger partial charge on any atom is 0.321 e. The molecule has 0 aliphatic carbocycles. The van der Waals surface area contributed by atoms with E-state index in [1.165, 1.54) is 0 Å². The highest BCUT2D eigenvalue weighted by atomic mass is 16.2. The van der Waals surface area contributed by atoms with Crippen LogP contribution in [0.25, 0.3) is 10.9 Å². The van der Waals surface area contributed by atoms with Crippen molar-refractivity contribution in [2.24, 2.45) is 0 Å². The van der Waals surface area contributed by atoms with E-state index >= 15 is 0 Å². The molecule has 1 saturated heterocycles. The number of hydrogen-bond acceptors (Lipinski definition) is 2. The Labute approximate surface area is 116 Å². The van der Waals surface area contributed by atoms with Gasteiger partial charge >= 0.3 is 6.03 Å². The van der Waals surface area contributed by atoms with Gasteiger partial charge in [-0.3, -0.25) is 4.79 Å². The van der Waals surface area contributed by atoms with Gasteiger partial charge in [-0.05, 0) is 31.4 Å². The topological polar surface area (TPSA) is 65.2 Å². The molecule has 0 atom stereocenters. The van der Waals surface area contributed by atoms with Crippen molar-refractivity contribution in [3.05, 3.63) is 40.2 Å². The quantitative estimate of drug-likeness (QED) is 0.836. The van der Waals surface area contributed by atoms with Gasteiger partial charge in [0.15, 0.2) is 0 Å². The van der Waals surface area contributed by atoms with Gasteiger partial charge < -0.3 is 15.2 Å². The first-order valence-electron chi connectivity index (χ1n) is 6.84. The number of fused-ring (bicyclic) bond motifs is 1. The number of hydrogen-bond donors (Lipinski definition) is 2. The van der Waals surface area contributed by atoms with Crippen molar-refractivity contribution in [1.82, 2.24) is 9.88 Å². The molecule has 1 aromatic heterocycles. The summed E-state index contributed by atoms with van der Waals surface area (Å²) in [6.07, 6.45) is 3.63. The fourth-order valence-electron chi connectivity index (χ4n) is 2.61. The summed E-state index contributed by atoms with van der Waals surface area (Å²) in [5.41, 5.74) is 1.99. The summed E-state index contributed by atoms with van der Waals surface area (Å²) in [6.45, 7) is 3.47. The number of urea groups is 1. The van der Waals surface area contributed by atoms with Crippen molar-refractivity contribution in [1.29, 1.82) is 0 Å². The normalized spacial score (nSPS) is 14.8. The number of H-pyrrole nitrogens is 1. The number of nitrogens with zero attached hydrogens (tertiary/aromatic N) is 1. The van der Waals surface area contributed by atoms with Crippen LogP contribution >= 0.6 is 0 Å². The van der Waals surface area contributed by atoms with Gasteiger partial charge in [-0.25, -0.2) is 4.79 Å². The van der Waals surface area contributed by atoms with Crippen LogP contribution in [0.5, 0.6) is 0 Å². The minimum absolute atomic E-state index is 0.144. The van der Waals surface area contributed by atoms with Crippen LogP contribution in [0.3, 0.4) is 0 Å². The Morgan fingerprint density at radius 2 is 2.05 bits per heavy atom. The number of nitrogens with one attached hydrogen (secondary N) is 2. The molecule has 1 fully saturated rings. The second-order valence-corrected chi connectivity index (χ2v) is 5.15. The van der Waals surface area contributed by atoms with Crippen LogP contribution in [0.2, 0.25) is 0 Å². The van der Waals surface area contributed by atoms with Crippen LogP contribution in [0.4, 0.5) is 10.5 Å². The Morgan fingerprint density at radius 3 is 2.80 bits per heavy atom. The highest BCUT2D eigenvalue weighted by Gasteiger charge is 2.19. The fourth-order valence-corrected chi connectivity index (χ4v) is 2.61. The molecule has 2 amide bonds. The molecule has 1 aliphatic heterocycles. The molecule has 1 aliphatic rings. The molecule has 104 valence electrons. The summed E-state index contributed by atoms with van der Waals surface area (Å²) < 4.78 is 0. The van der Waals surface area contributed by atoms with Crippen LogP contribution < -0.4 is 10.7 Å². The van der Waals surface area contributed by atoms with E-state index in [0.29, 0.717) is 11.1 Å². The number of likely N-dealkylation sites (tertiary alicyclic amines) is 1. The van der Waals surface area contributed by atoms with E-state index < -0.39 is 0 Å². The van der Waals surface area contributed by atoms with Gasteiger partial charge in [-0.1, -0.05) is 12.1 Å². The Kier molecular flexibility index (Phi) is 3.18.